The van der Waals surface area contributed by atoms with Gasteiger partial charge in [-0.1, -0.05) is 32.6 Å². The Morgan fingerprint density at radius 2 is 1.93 bits per heavy atom. The van der Waals surface area contributed by atoms with Crippen LogP contribution in [0.2, 0.25) is 0 Å². The molecular weight excluding hydrogens is 194 g/mol. The molecule has 0 saturated heterocycles. The van der Waals surface area contributed by atoms with E-state index in [0.717, 1.165) is 12.8 Å². The van der Waals surface area contributed by atoms with E-state index in [1.54, 1.807) is 0 Å². The van der Waals surface area contributed by atoms with Gasteiger partial charge in [0.1, 0.15) is 6.04 Å². The number of aliphatic hydroxyl groups is 1. The van der Waals surface area contributed by atoms with E-state index in [2.05, 4.69) is 6.92 Å². The number of unbranched alkanes of at least 4 members (excludes halogenated alkanes) is 4. The SMILES string of the molecule is CCCCCCCOC(=O)C(N)C(C)O. The summed E-state index contributed by atoms with van der Waals surface area (Å²) in [6, 6.07) is -0.916. The van der Waals surface area contributed by atoms with Crippen molar-refractivity contribution in [3.8, 4) is 0 Å². The molecule has 4 heteroatoms. The van der Waals surface area contributed by atoms with Crippen LogP contribution in [0.5, 0.6) is 0 Å². The molecule has 0 amide bonds. The van der Waals surface area contributed by atoms with Crippen molar-refractivity contribution < 1.29 is 14.6 Å². The Morgan fingerprint density at radius 3 is 2.47 bits per heavy atom. The first-order valence-corrected chi connectivity index (χ1v) is 5.69. The third kappa shape index (κ3) is 7.33. The van der Waals surface area contributed by atoms with Crippen molar-refractivity contribution >= 4 is 5.97 Å². The van der Waals surface area contributed by atoms with E-state index < -0.39 is 18.1 Å². The van der Waals surface area contributed by atoms with Gasteiger partial charge in [0.25, 0.3) is 0 Å². The summed E-state index contributed by atoms with van der Waals surface area (Å²) in [6.45, 7) is 4.04. The normalized spacial score (nSPS) is 14.7. The zero-order chi connectivity index (χ0) is 11.7. The summed E-state index contributed by atoms with van der Waals surface area (Å²) < 4.78 is 4.92. The Labute approximate surface area is 91.8 Å². The van der Waals surface area contributed by atoms with Crippen LogP contribution in [0.4, 0.5) is 0 Å². The maximum absolute atomic E-state index is 11.2. The Hall–Kier alpha value is -0.610. The average Bonchev–Trinajstić information content (AvgIpc) is 2.21. The number of rotatable bonds is 8. The van der Waals surface area contributed by atoms with Crippen molar-refractivity contribution in [1.82, 2.24) is 0 Å². The van der Waals surface area contributed by atoms with E-state index in [-0.39, 0.29) is 0 Å². The highest BCUT2D eigenvalue weighted by Gasteiger charge is 2.19. The molecule has 3 N–H and O–H groups in total. The lowest BCUT2D eigenvalue weighted by atomic mass is 10.2. The zero-order valence-electron chi connectivity index (χ0n) is 9.74. The molecule has 0 spiro atoms. The first-order valence-electron chi connectivity index (χ1n) is 5.69. The van der Waals surface area contributed by atoms with Gasteiger partial charge in [-0.3, -0.25) is 4.79 Å². The molecule has 90 valence electrons. The lowest BCUT2D eigenvalue weighted by Gasteiger charge is -2.13. The summed E-state index contributed by atoms with van der Waals surface area (Å²) in [7, 11) is 0. The maximum Gasteiger partial charge on any atom is 0.325 e. The molecule has 2 atom stereocenters. The van der Waals surface area contributed by atoms with Crippen molar-refractivity contribution in [2.75, 3.05) is 6.61 Å². The van der Waals surface area contributed by atoms with E-state index in [9.17, 15) is 4.79 Å². The second-order valence-electron chi connectivity index (χ2n) is 3.85. The Kier molecular flexibility index (Phi) is 8.33. The van der Waals surface area contributed by atoms with E-state index in [0.29, 0.717) is 6.61 Å². The lowest BCUT2D eigenvalue weighted by Crippen LogP contribution is -2.41. The molecule has 0 bridgehead atoms. The Bertz CT molecular complexity index is 171. The summed E-state index contributed by atoms with van der Waals surface area (Å²) in [5, 5.41) is 9.04. The molecule has 0 aliphatic heterocycles. The number of esters is 1. The van der Waals surface area contributed by atoms with E-state index in [1.165, 1.54) is 26.2 Å². The van der Waals surface area contributed by atoms with Crippen LogP contribution < -0.4 is 5.73 Å². The van der Waals surface area contributed by atoms with Crippen LogP contribution in [0, 0.1) is 0 Å². The van der Waals surface area contributed by atoms with Crippen molar-refractivity contribution in [3.05, 3.63) is 0 Å². The molecule has 0 saturated carbocycles. The summed E-state index contributed by atoms with van der Waals surface area (Å²) in [5.74, 6) is -0.513. The standard InChI is InChI=1S/C11H23NO3/c1-3-4-5-6-7-8-15-11(14)10(12)9(2)13/h9-10,13H,3-8,12H2,1-2H3. The fourth-order valence-electron chi connectivity index (χ4n) is 1.17. The van der Waals surface area contributed by atoms with Crippen molar-refractivity contribution in [1.29, 1.82) is 0 Å². The number of carbonyl (C=O) groups excluding carboxylic acids is 1. The molecule has 0 rings (SSSR count). The molecule has 0 aromatic rings. The lowest BCUT2D eigenvalue weighted by molar-refractivity contribution is -0.147. The van der Waals surface area contributed by atoms with Crippen molar-refractivity contribution in [2.24, 2.45) is 5.73 Å². The fraction of sp³-hybridized carbons (Fsp3) is 0.909. The van der Waals surface area contributed by atoms with Crippen LogP contribution in [0.25, 0.3) is 0 Å². The zero-order valence-corrected chi connectivity index (χ0v) is 9.74. The number of ether oxygens (including phenoxy) is 1. The minimum Gasteiger partial charge on any atom is -0.464 e. The maximum atomic E-state index is 11.2. The van der Waals surface area contributed by atoms with Crippen LogP contribution >= 0.6 is 0 Å². The van der Waals surface area contributed by atoms with Gasteiger partial charge in [-0.05, 0) is 13.3 Å². The molecule has 0 aromatic carbocycles. The van der Waals surface area contributed by atoms with E-state index in [1.807, 2.05) is 0 Å². The van der Waals surface area contributed by atoms with Gasteiger partial charge in [-0.15, -0.1) is 0 Å². The molecule has 0 fully saturated rings. The number of nitrogens with two attached hydrogens (primary N) is 1. The third-order valence-corrected chi connectivity index (χ3v) is 2.28. The van der Waals surface area contributed by atoms with Crippen LogP contribution in [-0.4, -0.2) is 29.8 Å². The van der Waals surface area contributed by atoms with Gasteiger partial charge in [0.2, 0.25) is 0 Å². The summed E-state index contributed by atoms with van der Waals surface area (Å²) in [6.07, 6.45) is 4.70. The van der Waals surface area contributed by atoms with Gasteiger partial charge >= 0.3 is 5.97 Å². The number of hydrogen-bond donors (Lipinski definition) is 2. The summed E-state index contributed by atoms with van der Waals surface area (Å²) >= 11 is 0. The predicted molar refractivity (Wildman–Crippen MR) is 59.4 cm³/mol. The van der Waals surface area contributed by atoms with Crippen LogP contribution in [0.15, 0.2) is 0 Å². The van der Waals surface area contributed by atoms with Gasteiger partial charge in [-0.2, -0.15) is 0 Å². The first kappa shape index (κ1) is 14.4. The van der Waals surface area contributed by atoms with Gasteiger partial charge in [0.05, 0.1) is 12.7 Å². The molecule has 0 radical (unpaired) electrons. The molecule has 0 aromatic heterocycles. The topological polar surface area (TPSA) is 72.5 Å². The van der Waals surface area contributed by atoms with Gasteiger partial charge in [-0.25, -0.2) is 0 Å². The smallest absolute Gasteiger partial charge is 0.325 e. The summed E-state index contributed by atoms with van der Waals surface area (Å²) in [4.78, 5) is 11.2. The second kappa shape index (κ2) is 8.68. The van der Waals surface area contributed by atoms with Gasteiger partial charge in [0, 0.05) is 0 Å². The monoisotopic (exact) mass is 217 g/mol. The molecule has 0 aliphatic carbocycles. The minimum absolute atomic E-state index is 0.406. The van der Waals surface area contributed by atoms with Crippen molar-refractivity contribution in [3.63, 3.8) is 0 Å². The average molecular weight is 217 g/mol. The second-order valence-corrected chi connectivity index (χ2v) is 3.85. The van der Waals surface area contributed by atoms with Gasteiger partial charge < -0.3 is 15.6 Å². The molecule has 0 aliphatic rings. The number of aliphatic hydroxyl groups excluding tert-OH is 1. The Morgan fingerprint density at radius 1 is 1.33 bits per heavy atom. The van der Waals surface area contributed by atoms with Crippen molar-refractivity contribution in [2.45, 2.75) is 58.1 Å². The predicted octanol–water partition coefficient (Wildman–Crippen LogP) is 1.21. The third-order valence-electron chi connectivity index (χ3n) is 2.28. The van der Waals surface area contributed by atoms with Crippen LogP contribution in [0.1, 0.15) is 46.0 Å². The molecule has 2 unspecified atom stereocenters. The number of carbonyl (C=O) groups is 1. The van der Waals surface area contributed by atoms with E-state index >= 15 is 0 Å². The van der Waals surface area contributed by atoms with Crippen LogP contribution in [-0.2, 0) is 9.53 Å². The highest BCUT2D eigenvalue weighted by atomic mass is 16.5. The fourth-order valence-corrected chi connectivity index (χ4v) is 1.17. The highest BCUT2D eigenvalue weighted by molar-refractivity contribution is 5.76. The number of hydrogen-bond acceptors (Lipinski definition) is 4. The highest BCUT2D eigenvalue weighted by Crippen LogP contribution is 2.03. The largest absolute Gasteiger partial charge is 0.464 e. The summed E-state index contributed by atoms with van der Waals surface area (Å²) in [5.41, 5.74) is 5.40. The van der Waals surface area contributed by atoms with Crippen LogP contribution in [0.3, 0.4) is 0 Å². The Balaban J connectivity index is 3.39. The first-order chi connectivity index (χ1) is 7.09. The quantitative estimate of drug-likeness (QED) is 0.473. The van der Waals surface area contributed by atoms with Gasteiger partial charge in [0.15, 0.2) is 0 Å². The molecule has 0 heterocycles. The molecule has 15 heavy (non-hydrogen) atoms. The molecular formula is C11H23NO3. The van der Waals surface area contributed by atoms with E-state index in [4.69, 9.17) is 15.6 Å². The minimum atomic E-state index is -0.916. The molecule has 4 nitrogen and oxygen atoms in total.